The van der Waals surface area contributed by atoms with E-state index < -0.39 is 23.7 Å². The highest BCUT2D eigenvalue weighted by Crippen LogP contribution is 2.19. The van der Waals surface area contributed by atoms with Crippen LogP contribution in [0.3, 0.4) is 0 Å². The average molecular weight is 352 g/mol. The maximum atomic E-state index is 13.6. The fourth-order valence-electron chi connectivity index (χ4n) is 2.72. The van der Waals surface area contributed by atoms with E-state index in [2.05, 4.69) is 10.3 Å². The molecule has 0 aliphatic rings. The van der Waals surface area contributed by atoms with E-state index in [1.54, 1.807) is 18.3 Å². The molecule has 3 N–H and O–H groups in total. The fraction of sp³-hybridized carbons (Fsp3) is 0.100. The van der Waals surface area contributed by atoms with Crippen LogP contribution in [0.1, 0.15) is 11.1 Å². The summed E-state index contributed by atoms with van der Waals surface area (Å²) in [7, 11) is 0. The van der Waals surface area contributed by atoms with Crippen LogP contribution in [0.5, 0.6) is 0 Å². The Kier molecular flexibility index (Phi) is 5.12. The lowest BCUT2D eigenvalue weighted by atomic mass is 10.0. The molecule has 3 rings (SSSR count). The molecular weight excluding hydrogens is 335 g/mol. The minimum atomic E-state index is -1.14. The molecule has 6 heteroatoms. The lowest BCUT2D eigenvalue weighted by Crippen LogP contribution is -2.41. The van der Waals surface area contributed by atoms with E-state index >= 15 is 0 Å². The molecule has 0 bridgehead atoms. The standard InChI is InChI=1S/C20H17FN2O3/c21-16-7-3-1-5-13(16)9-10-19(24)23-18(20(25)26)11-14-12-22-17-8-4-2-6-15(14)17/h1-10,12,18,22H,11H2,(H,23,24)(H,25,26)/t18-/m1/s1. The van der Waals surface area contributed by atoms with Crippen LogP contribution in [-0.2, 0) is 16.0 Å². The predicted molar refractivity (Wildman–Crippen MR) is 97.0 cm³/mol. The number of hydrogen-bond acceptors (Lipinski definition) is 2. The van der Waals surface area contributed by atoms with E-state index in [9.17, 15) is 19.1 Å². The van der Waals surface area contributed by atoms with Crippen molar-refractivity contribution >= 4 is 28.9 Å². The Morgan fingerprint density at radius 1 is 1.15 bits per heavy atom. The second kappa shape index (κ2) is 7.65. The zero-order valence-corrected chi connectivity index (χ0v) is 13.8. The van der Waals surface area contributed by atoms with E-state index in [0.717, 1.165) is 22.5 Å². The van der Waals surface area contributed by atoms with E-state index in [4.69, 9.17) is 0 Å². The maximum Gasteiger partial charge on any atom is 0.326 e. The van der Waals surface area contributed by atoms with Gasteiger partial charge in [-0.2, -0.15) is 0 Å². The Hall–Kier alpha value is -3.41. The smallest absolute Gasteiger partial charge is 0.326 e. The molecule has 1 amide bonds. The van der Waals surface area contributed by atoms with Gasteiger partial charge < -0.3 is 15.4 Å². The Morgan fingerprint density at radius 2 is 1.88 bits per heavy atom. The van der Waals surface area contributed by atoms with Crippen LogP contribution in [-0.4, -0.2) is 28.0 Å². The number of para-hydroxylation sites is 1. The van der Waals surface area contributed by atoms with E-state index in [-0.39, 0.29) is 12.0 Å². The maximum absolute atomic E-state index is 13.6. The summed E-state index contributed by atoms with van der Waals surface area (Å²) in [4.78, 5) is 26.6. The molecule has 1 heterocycles. The van der Waals surface area contributed by atoms with Crippen molar-refractivity contribution in [1.82, 2.24) is 10.3 Å². The summed E-state index contributed by atoms with van der Waals surface area (Å²) in [6, 6.07) is 12.5. The average Bonchev–Trinajstić information content (AvgIpc) is 3.03. The van der Waals surface area contributed by atoms with Crippen molar-refractivity contribution in [1.29, 1.82) is 0 Å². The second-order valence-electron chi connectivity index (χ2n) is 5.82. The quantitative estimate of drug-likeness (QED) is 0.596. The van der Waals surface area contributed by atoms with Crippen LogP contribution < -0.4 is 5.32 Å². The molecule has 1 atom stereocenters. The highest BCUT2D eigenvalue weighted by Gasteiger charge is 2.21. The largest absolute Gasteiger partial charge is 0.480 e. The third-order valence-electron chi connectivity index (χ3n) is 4.03. The van der Waals surface area contributed by atoms with Crippen molar-refractivity contribution in [2.75, 3.05) is 0 Å². The highest BCUT2D eigenvalue weighted by molar-refractivity contribution is 5.94. The lowest BCUT2D eigenvalue weighted by molar-refractivity contribution is -0.141. The third-order valence-corrected chi connectivity index (χ3v) is 4.03. The normalized spacial score (nSPS) is 12.3. The second-order valence-corrected chi connectivity index (χ2v) is 5.82. The first kappa shape index (κ1) is 17.4. The van der Waals surface area contributed by atoms with Gasteiger partial charge in [0.15, 0.2) is 0 Å². The summed E-state index contributed by atoms with van der Waals surface area (Å²) in [5.74, 6) is -2.19. The Morgan fingerprint density at radius 3 is 2.65 bits per heavy atom. The van der Waals surface area contributed by atoms with Gasteiger partial charge in [-0.15, -0.1) is 0 Å². The molecule has 0 radical (unpaired) electrons. The highest BCUT2D eigenvalue weighted by atomic mass is 19.1. The molecule has 2 aromatic carbocycles. The summed E-state index contributed by atoms with van der Waals surface area (Å²) >= 11 is 0. The number of fused-ring (bicyclic) bond motifs is 1. The van der Waals surface area contributed by atoms with Crippen molar-refractivity contribution in [2.45, 2.75) is 12.5 Å². The van der Waals surface area contributed by atoms with Crippen molar-refractivity contribution in [3.05, 3.63) is 77.7 Å². The Bertz CT molecular complexity index is 978. The summed E-state index contributed by atoms with van der Waals surface area (Å²) < 4.78 is 13.6. The number of aliphatic carboxylic acids is 1. The van der Waals surface area contributed by atoms with Crippen LogP contribution in [0, 0.1) is 5.82 Å². The minimum Gasteiger partial charge on any atom is -0.480 e. The van der Waals surface area contributed by atoms with Crippen LogP contribution in [0.25, 0.3) is 17.0 Å². The molecule has 0 fully saturated rings. The molecule has 0 saturated heterocycles. The number of amides is 1. The van der Waals surface area contributed by atoms with Crippen LogP contribution in [0.2, 0.25) is 0 Å². The summed E-state index contributed by atoms with van der Waals surface area (Å²) in [5.41, 5.74) is 1.95. The first-order valence-electron chi connectivity index (χ1n) is 8.05. The number of carbonyl (C=O) groups is 2. The molecule has 5 nitrogen and oxygen atoms in total. The van der Waals surface area contributed by atoms with E-state index in [1.807, 2.05) is 24.3 Å². The number of halogens is 1. The van der Waals surface area contributed by atoms with Crippen molar-refractivity contribution in [3.8, 4) is 0 Å². The number of nitrogens with one attached hydrogen (secondary N) is 2. The van der Waals surface area contributed by atoms with Gasteiger partial charge >= 0.3 is 5.97 Å². The number of aromatic amines is 1. The van der Waals surface area contributed by atoms with Gasteiger partial charge in [0.25, 0.3) is 0 Å². The lowest BCUT2D eigenvalue weighted by Gasteiger charge is -2.12. The van der Waals surface area contributed by atoms with Gasteiger partial charge in [-0.05, 0) is 23.8 Å². The zero-order valence-electron chi connectivity index (χ0n) is 13.8. The van der Waals surface area contributed by atoms with Gasteiger partial charge in [-0.3, -0.25) is 4.79 Å². The number of hydrogen-bond donors (Lipinski definition) is 3. The molecule has 3 aromatic rings. The first-order chi connectivity index (χ1) is 12.5. The van der Waals surface area contributed by atoms with Crippen molar-refractivity contribution in [3.63, 3.8) is 0 Å². The molecule has 26 heavy (non-hydrogen) atoms. The summed E-state index contributed by atoms with van der Waals surface area (Å²) in [6.45, 7) is 0. The van der Waals surface area contributed by atoms with Gasteiger partial charge in [0, 0.05) is 35.2 Å². The number of rotatable bonds is 6. The first-order valence-corrected chi connectivity index (χ1v) is 8.05. The topological polar surface area (TPSA) is 82.2 Å². The van der Waals surface area contributed by atoms with Crippen LogP contribution >= 0.6 is 0 Å². The molecule has 0 aliphatic carbocycles. The number of benzene rings is 2. The number of aromatic nitrogens is 1. The Balaban J connectivity index is 1.71. The van der Waals surface area contributed by atoms with Gasteiger partial charge in [0.05, 0.1) is 0 Å². The van der Waals surface area contributed by atoms with Gasteiger partial charge in [0.1, 0.15) is 11.9 Å². The number of carboxylic acid groups (broad SMARTS) is 1. The molecule has 0 saturated carbocycles. The minimum absolute atomic E-state index is 0.138. The number of carbonyl (C=O) groups excluding carboxylic acids is 1. The molecule has 0 unspecified atom stereocenters. The van der Waals surface area contributed by atoms with E-state index in [1.165, 1.54) is 18.2 Å². The van der Waals surface area contributed by atoms with Gasteiger partial charge in [-0.1, -0.05) is 36.4 Å². The fourth-order valence-corrected chi connectivity index (χ4v) is 2.72. The molecular formula is C20H17FN2O3. The van der Waals surface area contributed by atoms with E-state index in [0.29, 0.717) is 0 Å². The van der Waals surface area contributed by atoms with Crippen molar-refractivity contribution in [2.24, 2.45) is 0 Å². The molecule has 132 valence electrons. The third kappa shape index (κ3) is 3.97. The molecule has 1 aromatic heterocycles. The van der Waals surface area contributed by atoms with Gasteiger partial charge in [0.2, 0.25) is 5.91 Å². The van der Waals surface area contributed by atoms with Crippen LogP contribution in [0.4, 0.5) is 4.39 Å². The zero-order chi connectivity index (χ0) is 18.5. The number of H-pyrrole nitrogens is 1. The molecule has 0 aliphatic heterocycles. The monoisotopic (exact) mass is 352 g/mol. The SMILES string of the molecule is O=C(C=Cc1ccccc1F)N[C@H](Cc1c[nH]c2ccccc12)C(=O)O. The van der Waals surface area contributed by atoms with Gasteiger partial charge in [-0.25, -0.2) is 9.18 Å². The summed E-state index contributed by atoms with van der Waals surface area (Å²) in [6.07, 6.45) is 4.32. The van der Waals surface area contributed by atoms with Crippen molar-refractivity contribution < 1.29 is 19.1 Å². The predicted octanol–water partition coefficient (Wildman–Crippen LogP) is 3.13. The number of carboxylic acids is 1. The summed E-state index contributed by atoms with van der Waals surface area (Å²) in [5, 5.41) is 12.8. The van der Waals surface area contributed by atoms with Crippen LogP contribution in [0.15, 0.2) is 60.8 Å². The molecule has 0 spiro atoms. The Labute approximate surface area is 149 Å².